The summed E-state index contributed by atoms with van der Waals surface area (Å²) in [6.07, 6.45) is 0. The van der Waals surface area contributed by atoms with Crippen molar-refractivity contribution in [2.75, 3.05) is 21.2 Å². The summed E-state index contributed by atoms with van der Waals surface area (Å²) in [7, 11) is 5.15. The van der Waals surface area contributed by atoms with Crippen LogP contribution >= 0.6 is 0 Å². The SMILES string of the molecule is COc1ccc2cc(C(=O)N(C)C)ccc2c1. The molecule has 2 aromatic carbocycles. The van der Waals surface area contributed by atoms with Crippen LogP contribution in [0.5, 0.6) is 5.75 Å². The number of benzene rings is 2. The lowest BCUT2D eigenvalue weighted by Gasteiger charge is -2.11. The summed E-state index contributed by atoms with van der Waals surface area (Å²) in [6, 6.07) is 11.5. The van der Waals surface area contributed by atoms with E-state index in [0.717, 1.165) is 16.5 Å². The molecular formula is C14H15NO2. The van der Waals surface area contributed by atoms with Crippen molar-refractivity contribution in [2.24, 2.45) is 0 Å². The Bertz CT molecular complexity index is 561. The summed E-state index contributed by atoms with van der Waals surface area (Å²) in [5.74, 6) is 0.840. The van der Waals surface area contributed by atoms with Gasteiger partial charge in [0.2, 0.25) is 0 Å². The predicted octanol–water partition coefficient (Wildman–Crippen LogP) is 2.55. The van der Waals surface area contributed by atoms with Crippen molar-refractivity contribution in [3.05, 3.63) is 42.0 Å². The molecule has 0 N–H and O–H groups in total. The molecule has 0 bridgehead atoms. The van der Waals surface area contributed by atoms with E-state index in [-0.39, 0.29) is 5.91 Å². The number of hydrogen-bond donors (Lipinski definition) is 0. The molecule has 0 heterocycles. The molecule has 0 spiro atoms. The van der Waals surface area contributed by atoms with Crippen molar-refractivity contribution in [3.63, 3.8) is 0 Å². The molecular weight excluding hydrogens is 214 g/mol. The van der Waals surface area contributed by atoms with Gasteiger partial charge in [0.15, 0.2) is 0 Å². The molecule has 88 valence electrons. The number of carbonyl (C=O) groups excluding carboxylic acids is 1. The Hall–Kier alpha value is -2.03. The summed E-state index contributed by atoms with van der Waals surface area (Å²) >= 11 is 0. The fourth-order valence-electron chi connectivity index (χ4n) is 1.74. The first-order valence-corrected chi connectivity index (χ1v) is 5.41. The number of fused-ring (bicyclic) bond motifs is 1. The minimum atomic E-state index is 0.0164. The second kappa shape index (κ2) is 4.45. The van der Waals surface area contributed by atoms with Gasteiger partial charge in [0.25, 0.3) is 5.91 Å². The highest BCUT2D eigenvalue weighted by Gasteiger charge is 2.08. The standard InChI is InChI=1S/C14H15NO2/c1-15(2)14(16)12-5-4-11-9-13(17-3)7-6-10(11)8-12/h4-9H,1-3H3. The lowest BCUT2D eigenvalue weighted by molar-refractivity contribution is 0.0828. The zero-order valence-electron chi connectivity index (χ0n) is 10.2. The monoisotopic (exact) mass is 229 g/mol. The van der Waals surface area contributed by atoms with Crippen LogP contribution in [0.2, 0.25) is 0 Å². The minimum Gasteiger partial charge on any atom is -0.497 e. The molecule has 0 aliphatic rings. The maximum absolute atomic E-state index is 11.8. The molecule has 0 fully saturated rings. The van der Waals surface area contributed by atoms with E-state index in [1.54, 1.807) is 26.1 Å². The van der Waals surface area contributed by atoms with Gasteiger partial charge in [-0.1, -0.05) is 12.1 Å². The fourth-order valence-corrected chi connectivity index (χ4v) is 1.74. The lowest BCUT2D eigenvalue weighted by atomic mass is 10.1. The van der Waals surface area contributed by atoms with Crippen molar-refractivity contribution in [2.45, 2.75) is 0 Å². The van der Waals surface area contributed by atoms with Crippen molar-refractivity contribution in [3.8, 4) is 5.75 Å². The van der Waals surface area contributed by atoms with Crippen LogP contribution in [0, 0.1) is 0 Å². The second-order valence-corrected chi connectivity index (χ2v) is 4.13. The van der Waals surface area contributed by atoms with E-state index in [2.05, 4.69) is 0 Å². The van der Waals surface area contributed by atoms with Crippen LogP contribution in [0.25, 0.3) is 10.8 Å². The normalized spacial score (nSPS) is 10.3. The molecule has 0 radical (unpaired) electrons. The van der Waals surface area contributed by atoms with Crippen molar-refractivity contribution < 1.29 is 9.53 Å². The first-order chi connectivity index (χ1) is 8.11. The molecule has 0 aromatic heterocycles. The molecule has 3 nitrogen and oxygen atoms in total. The summed E-state index contributed by atoms with van der Waals surface area (Å²) < 4.78 is 5.16. The molecule has 3 heteroatoms. The summed E-state index contributed by atoms with van der Waals surface area (Å²) in [5, 5.41) is 2.11. The quantitative estimate of drug-likeness (QED) is 0.792. The first-order valence-electron chi connectivity index (χ1n) is 5.41. The predicted molar refractivity (Wildman–Crippen MR) is 68.5 cm³/mol. The maximum atomic E-state index is 11.8. The van der Waals surface area contributed by atoms with Crippen LogP contribution in [0.15, 0.2) is 36.4 Å². The van der Waals surface area contributed by atoms with Gasteiger partial charge in [0.05, 0.1) is 7.11 Å². The zero-order valence-corrected chi connectivity index (χ0v) is 10.2. The largest absolute Gasteiger partial charge is 0.497 e. The number of methoxy groups -OCH3 is 1. The van der Waals surface area contributed by atoms with E-state index in [9.17, 15) is 4.79 Å². The van der Waals surface area contributed by atoms with Crippen LogP contribution in [-0.4, -0.2) is 32.0 Å². The molecule has 0 saturated heterocycles. The van der Waals surface area contributed by atoms with Gasteiger partial charge in [-0.2, -0.15) is 0 Å². The lowest BCUT2D eigenvalue weighted by Crippen LogP contribution is -2.21. The van der Waals surface area contributed by atoms with Crippen LogP contribution in [-0.2, 0) is 0 Å². The van der Waals surface area contributed by atoms with E-state index in [1.807, 2.05) is 36.4 Å². The van der Waals surface area contributed by atoms with Crippen molar-refractivity contribution >= 4 is 16.7 Å². The van der Waals surface area contributed by atoms with Crippen LogP contribution in [0.1, 0.15) is 10.4 Å². The topological polar surface area (TPSA) is 29.5 Å². The number of ether oxygens (including phenoxy) is 1. The molecule has 0 aliphatic heterocycles. The molecule has 0 unspecified atom stereocenters. The zero-order chi connectivity index (χ0) is 12.4. The smallest absolute Gasteiger partial charge is 0.253 e. The molecule has 2 aromatic rings. The Morgan fingerprint density at radius 2 is 1.71 bits per heavy atom. The van der Waals surface area contributed by atoms with Gasteiger partial charge in [0.1, 0.15) is 5.75 Å². The number of rotatable bonds is 2. The van der Waals surface area contributed by atoms with E-state index < -0.39 is 0 Å². The van der Waals surface area contributed by atoms with E-state index in [4.69, 9.17) is 4.74 Å². The van der Waals surface area contributed by atoms with Gasteiger partial charge >= 0.3 is 0 Å². The highest BCUT2D eigenvalue weighted by molar-refractivity contribution is 5.98. The average molecular weight is 229 g/mol. The van der Waals surface area contributed by atoms with Gasteiger partial charge < -0.3 is 9.64 Å². The van der Waals surface area contributed by atoms with Gasteiger partial charge in [-0.15, -0.1) is 0 Å². The molecule has 0 aliphatic carbocycles. The molecule has 1 amide bonds. The van der Waals surface area contributed by atoms with Gasteiger partial charge in [0, 0.05) is 19.7 Å². The third-order valence-electron chi connectivity index (χ3n) is 2.70. The van der Waals surface area contributed by atoms with E-state index in [1.165, 1.54) is 0 Å². The van der Waals surface area contributed by atoms with Crippen molar-refractivity contribution in [1.29, 1.82) is 0 Å². The number of hydrogen-bond acceptors (Lipinski definition) is 2. The van der Waals surface area contributed by atoms with E-state index in [0.29, 0.717) is 5.56 Å². The molecule has 0 atom stereocenters. The number of nitrogens with zero attached hydrogens (tertiary/aromatic N) is 1. The van der Waals surface area contributed by atoms with Gasteiger partial charge in [-0.3, -0.25) is 4.79 Å². The fraction of sp³-hybridized carbons (Fsp3) is 0.214. The molecule has 0 saturated carbocycles. The number of amides is 1. The maximum Gasteiger partial charge on any atom is 0.253 e. The Morgan fingerprint density at radius 1 is 1.06 bits per heavy atom. The summed E-state index contributed by atoms with van der Waals surface area (Å²) in [5.41, 5.74) is 0.702. The molecule has 2 rings (SSSR count). The van der Waals surface area contributed by atoms with Gasteiger partial charge in [-0.05, 0) is 35.0 Å². The Balaban J connectivity index is 2.48. The van der Waals surface area contributed by atoms with Crippen molar-refractivity contribution in [1.82, 2.24) is 4.90 Å². The van der Waals surface area contributed by atoms with Crippen LogP contribution < -0.4 is 4.74 Å². The molecule has 17 heavy (non-hydrogen) atoms. The average Bonchev–Trinajstić information content (AvgIpc) is 2.36. The van der Waals surface area contributed by atoms with Crippen LogP contribution in [0.4, 0.5) is 0 Å². The first kappa shape index (κ1) is 11.5. The highest BCUT2D eigenvalue weighted by Crippen LogP contribution is 2.22. The highest BCUT2D eigenvalue weighted by atomic mass is 16.5. The number of carbonyl (C=O) groups is 1. The third kappa shape index (κ3) is 2.23. The minimum absolute atomic E-state index is 0.0164. The summed E-state index contributed by atoms with van der Waals surface area (Å²) in [6.45, 7) is 0. The third-order valence-corrected chi connectivity index (χ3v) is 2.70. The van der Waals surface area contributed by atoms with E-state index >= 15 is 0 Å². The Kier molecular flexibility index (Phi) is 3.00. The Morgan fingerprint density at radius 3 is 2.35 bits per heavy atom. The van der Waals surface area contributed by atoms with Crippen LogP contribution in [0.3, 0.4) is 0 Å². The Labute approximate surface area is 101 Å². The van der Waals surface area contributed by atoms with Gasteiger partial charge in [-0.25, -0.2) is 0 Å². The second-order valence-electron chi connectivity index (χ2n) is 4.13. The summed E-state index contributed by atoms with van der Waals surface area (Å²) in [4.78, 5) is 13.4.